The summed E-state index contributed by atoms with van der Waals surface area (Å²) in [6, 6.07) is 14.3. The molecule has 0 radical (unpaired) electrons. The van der Waals surface area contributed by atoms with Crippen LogP contribution in [-0.2, 0) is 11.2 Å². The third kappa shape index (κ3) is 5.85. The third-order valence-corrected chi connectivity index (χ3v) is 7.65. The zero-order valence-electron chi connectivity index (χ0n) is 19.7. The molecule has 35 heavy (non-hydrogen) atoms. The van der Waals surface area contributed by atoms with Gasteiger partial charge < -0.3 is 14.5 Å². The van der Waals surface area contributed by atoms with E-state index in [2.05, 4.69) is 0 Å². The maximum Gasteiger partial charge on any atom is 0.254 e. The molecule has 5 nitrogen and oxygen atoms in total. The number of hydrogen-bond donors (Lipinski definition) is 0. The van der Waals surface area contributed by atoms with E-state index in [-0.39, 0.29) is 42.6 Å². The van der Waals surface area contributed by atoms with Crippen molar-refractivity contribution < 1.29 is 18.7 Å². The van der Waals surface area contributed by atoms with E-state index >= 15 is 0 Å². The van der Waals surface area contributed by atoms with Crippen molar-refractivity contribution in [2.75, 3.05) is 19.7 Å². The average molecular weight is 515 g/mol. The normalized spacial score (nSPS) is 15.9. The Balaban J connectivity index is 1.54. The lowest BCUT2D eigenvalue weighted by molar-refractivity contribution is -0.136. The molecular formula is C27H28ClFN2O3S. The van der Waals surface area contributed by atoms with Crippen molar-refractivity contribution in [3.05, 3.63) is 86.8 Å². The molecule has 0 spiro atoms. The summed E-state index contributed by atoms with van der Waals surface area (Å²) in [5.41, 5.74) is 1.31. The molecule has 8 heteroatoms. The van der Waals surface area contributed by atoms with Crippen LogP contribution >= 0.6 is 22.9 Å². The SMILES string of the molecule is CC[C@H](C)N(CC(=O)N1CCc2sccc2[C@@H]1COc1ccc(Cl)cc1)C(=O)c1cccc(F)c1. The minimum atomic E-state index is -0.480. The standard InChI is InChI=1S/C27H28ClFN2O3S/c1-3-18(2)31(27(33)19-5-4-6-21(29)15-19)16-26(32)30-13-11-25-23(12-14-35-25)24(30)17-34-22-9-7-20(28)8-10-22/h4-10,12,14-15,18,24H,3,11,13,16-17H2,1-2H3/t18-,24-/m0/s1. The zero-order valence-corrected chi connectivity index (χ0v) is 21.3. The van der Waals surface area contributed by atoms with Crippen molar-refractivity contribution in [1.29, 1.82) is 0 Å². The van der Waals surface area contributed by atoms with Gasteiger partial charge in [-0.15, -0.1) is 11.3 Å². The van der Waals surface area contributed by atoms with E-state index in [1.807, 2.05) is 25.3 Å². The van der Waals surface area contributed by atoms with Gasteiger partial charge in [0.2, 0.25) is 5.91 Å². The molecule has 4 rings (SSSR count). The molecule has 184 valence electrons. The molecular weight excluding hydrogens is 487 g/mol. The number of thiophene rings is 1. The molecule has 2 atom stereocenters. The molecule has 1 aromatic heterocycles. The van der Waals surface area contributed by atoms with E-state index in [0.29, 0.717) is 23.7 Å². The van der Waals surface area contributed by atoms with Crippen LogP contribution < -0.4 is 4.74 Å². The topological polar surface area (TPSA) is 49.9 Å². The van der Waals surface area contributed by atoms with Crippen LogP contribution in [0.15, 0.2) is 60.0 Å². The van der Waals surface area contributed by atoms with Gasteiger partial charge in [0.15, 0.2) is 0 Å². The lowest BCUT2D eigenvalue weighted by Gasteiger charge is -2.38. The fraction of sp³-hybridized carbons (Fsp3) is 0.333. The van der Waals surface area contributed by atoms with Crippen LogP contribution in [0.4, 0.5) is 4.39 Å². The quantitative estimate of drug-likeness (QED) is 0.371. The number of benzene rings is 2. The largest absolute Gasteiger partial charge is 0.491 e. The number of halogens is 2. The minimum Gasteiger partial charge on any atom is -0.491 e. The van der Waals surface area contributed by atoms with E-state index in [1.54, 1.807) is 46.6 Å². The molecule has 0 saturated heterocycles. The van der Waals surface area contributed by atoms with Gasteiger partial charge in [-0.2, -0.15) is 0 Å². The fourth-order valence-corrected chi connectivity index (χ4v) is 5.31. The first-order chi connectivity index (χ1) is 16.9. The molecule has 0 unspecified atom stereocenters. The van der Waals surface area contributed by atoms with Crippen LogP contribution in [-0.4, -0.2) is 47.4 Å². The summed E-state index contributed by atoms with van der Waals surface area (Å²) in [5.74, 6) is -0.315. The fourth-order valence-electron chi connectivity index (χ4n) is 4.25. The number of carbonyl (C=O) groups is 2. The van der Waals surface area contributed by atoms with Crippen LogP contribution in [0.1, 0.15) is 47.1 Å². The van der Waals surface area contributed by atoms with Crippen LogP contribution in [0.3, 0.4) is 0 Å². The van der Waals surface area contributed by atoms with Gasteiger partial charge in [0.1, 0.15) is 24.7 Å². The summed E-state index contributed by atoms with van der Waals surface area (Å²) in [7, 11) is 0. The van der Waals surface area contributed by atoms with Crippen molar-refractivity contribution in [1.82, 2.24) is 9.80 Å². The lowest BCUT2D eigenvalue weighted by Crippen LogP contribution is -2.49. The molecule has 0 bridgehead atoms. The monoisotopic (exact) mass is 514 g/mol. The highest BCUT2D eigenvalue weighted by molar-refractivity contribution is 7.10. The van der Waals surface area contributed by atoms with Gasteiger partial charge in [0.05, 0.1) is 6.04 Å². The van der Waals surface area contributed by atoms with Crippen molar-refractivity contribution in [3.8, 4) is 5.75 Å². The molecule has 1 aliphatic heterocycles. The van der Waals surface area contributed by atoms with E-state index in [4.69, 9.17) is 16.3 Å². The summed E-state index contributed by atoms with van der Waals surface area (Å²) >= 11 is 7.66. The summed E-state index contributed by atoms with van der Waals surface area (Å²) < 4.78 is 19.8. The summed E-state index contributed by atoms with van der Waals surface area (Å²) in [4.78, 5) is 31.5. The molecule has 2 aromatic carbocycles. The smallest absolute Gasteiger partial charge is 0.254 e. The first-order valence-corrected chi connectivity index (χ1v) is 12.9. The van der Waals surface area contributed by atoms with Crippen molar-refractivity contribution in [2.45, 2.75) is 38.8 Å². The Morgan fingerprint density at radius 3 is 2.71 bits per heavy atom. The Hall–Kier alpha value is -2.90. The molecule has 2 amide bonds. The lowest BCUT2D eigenvalue weighted by atomic mass is 10.00. The molecule has 2 heterocycles. The minimum absolute atomic E-state index is 0.0821. The van der Waals surface area contributed by atoms with Crippen LogP contribution in [0.5, 0.6) is 5.75 Å². The predicted octanol–water partition coefficient (Wildman–Crippen LogP) is 5.99. The number of ether oxygens (including phenoxy) is 1. The zero-order chi connectivity index (χ0) is 24.9. The average Bonchev–Trinajstić information content (AvgIpc) is 3.35. The van der Waals surface area contributed by atoms with Crippen molar-refractivity contribution in [2.24, 2.45) is 0 Å². The molecule has 0 aliphatic carbocycles. The van der Waals surface area contributed by atoms with Gasteiger partial charge in [0, 0.05) is 28.0 Å². The van der Waals surface area contributed by atoms with Gasteiger partial charge in [0.25, 0.3) is 5.91 Å². The Bertz CT molecular complexity index is 1180. The molecule has 0 fully saturated rings. The highest BCUT2D eigenvalue weighted by atomic mass is 35.5. The number of fused-ring (bicyclic) bond motifs is 1. The van der Waals surface area contributed by atoms with Crippen LogP contribution in [0.2, 0.25) is 5.02 Å². The van der Waals surface area contributed by atoms with Gasteiger partial charge in [-0.25, -0.2) is 4.39 Å². The van der Waals surface area contributed by atoms with Gasteiger partial charge in [-0.05, 0) is 79.2 Å². The van der Waals surface area contributed by atoms with Crippen molar-refractivity contribution in [3.63, 3.8) is 0 Å². The van der Waals surface area contributed by atoms with E-state index in [0.717, 1.165) is 12.0 Å². The summed E-state index contributed by atoms with van der Waals surface area (Å²) in [5, 5.41) is 2.66. The first-order valence-electron chi connectivity index (χ1n) is 11.7. The van der Waals surface area contributed by atoms with E-state index in [1.165, 1.54) is 28.0 Å². The molecule has 0 N–H and O–H groups in total. The van der Waals surface area contributed by atoms with Crippen molar-refractivity contribution >= 4 is 34.8 Å². The highest BCUT2D eigenvalue weighted by Crippen LogP contribution is 2.34. The summed E-state index contributed by atoms with van der Waals surface area (Å²) in [6.45, 7) is 4.62. The van der Waals surface area contributed by atoms with Gasteiger partial charge in [-0.1, -0.05) is 24.6 Å². The summed E-state index contributed by atoms with van der Waals surface area (Å²) in [6.07, 6.45) is 1.43. The van der Waals surface area contributed by atoms with E-state index < -0.39 is 5.82 Å². The maximum atomic E-state index is 13.8. The third-order valence-electron chi connectivity index (χ3n) is 6.40. The maximum absolute atomic E-state index is 13.8. The second kappa shape index (κ2) is 11.2. The molecule has 0 saturated carbocycles. The Labute approximate surface area is 214 Å². The molecule has 3 aromatic rings. The number of nitrogens with zero attached hydrogens (tertiary/aromatic N) is 2. The Morgan fingerprint density at radius 1 is 1.23 bits per heavy atom. The van der Waals surface area contributed by atoms with Crippen LogP contribution in [0, 0.1) is 5.82 Å². The first kappa shape index (κ1) is 25.2. The Morgan fingerprint density at radius 2 is 2.00 bits per heavy atom. The van der Waals surface area contributed by atoms with E-state index in [9.17, 15) is 14.0 Å². The second-order valence-corrected chi connectivity index (χ2v) is 10.1. The number of hydrogen-bond acceptors (Lipinski definition) is 4. The highest BCUT2D eigenvalue weighted by Gasteiger charge is 2.34. The van der Waals surface area contributed by atoms with Gasteiger partial charge in [-0.3, -0.25) is 9.59 Å². The van der Waals surface area contributed by atoms with Gasteiger partial charge >= 0.3 is 0 Å². The molecule has 1 aliphatic rings. The Kier molecular flexibility index (Phi) is 8.08. The number of carbonyl (C=O) groups excluding carboxylic acids is 2. The second-order valence-electron chi connectivity index (χ2n) is 8.62. The van der Waals surface area contributed by atoms with Crippen LogP contribution in [0.25, 0.3) is 0 Å². The number of rotatable bonds is 8. The predicted molar refractivity (Wildman–Crippen MR) is 137 cm³/mol. The number of amides is 2.